The number of carbonyl (C=O) groups is 1. The molecule has 0 unspecified atom stereocenters. The second kappa shape index (κ2) is 7.87. The number of hydrogen-bond acceptors (Lipinski definition) is 5. The SMILES string of the molecule is Cc1nc(C(=O)NCc2ccc(CS(N)(=O)=O)cc2)nn1-c1ccc(F)cc1. The number of aromatic nitrogens is 3. The van der Waals surface area contributed by atoms with Gasteiger partial charge >= 0.3 is 0 Å². The van der Waals surface area contributed by atoms with Crippen molar-refractivity contribution in [3.05, 3.63) is 77.1 Å². The van der Waals surface area contributed by atoms with E-state index in [0.29, 0.717) is 17.1 Å². The first-order valence-corrected chi connectivity index (χ1v) is 9.99. The van der Waals surface area contributed by atoms with Crippen LogP contribution in [0.4, 0.5) is 4.39 Å². The summed E-state index contributed by atoms with van der Waals surface area (Å²) in [6.07, 6.45) is 0. The number of nitrogens with one attached hydrogen (secondary N) is 1. The number of aryl methyl sites for hydroxylation is 1. The molecule has 3 aromatic rings. The first-order valence-electron chi connectivity index (χ1n) is 8.27. The number of sulfonamides is 1. The molecule has 0 spiro atoms. The van der Waals surface area contributed by atoms with Gasteiger partial charge in [-0.2, -0.15) is 0 Å². The number of primary sulfonamides is 1. The Hall–Kier alpha value is -3.11. The molecule has 0 saturated heterocycles. The Bertz CT molecular complexity index is 1090. The summed E-state index contributed by atoms with van der Waals surface area (Å²) >= 11 is 0. The van der Waals surface area contributed by atoms with Crippen LogP contribution in [0.1, 0.15) is 27.6 Å². The molecule has 0 bridgehead atoms. The molecule has 1 heterocycles. The highest BCUT2D eigenvalue weighted by Gasteiger charge is 2.15. The molecule has 28 heavy (non-hydrogen) atoms. The van der Waals surface area contributed by atoms with Gasteiger partial charge in [0.1, 0.15) is 11.6 Å². The molecule has 0 aliphatic heterocycles. The molecule has 0 saturated carbocycles. The van der Waals surface area contributed by atoms with Gasteiger partial charge in [-0.05, 0) is 42.3 Å². The standard InChI is InChI=1S/C18H18FN5O3S/c1-12-22-17(23-24(12)16-8-6-15(19)7-9-16)18(25)21-10-13-2-4-14(5-3-13)11-28(20,26)27/h2-9H,10-11H2,1H3,(H,21,25)(H2,20,26,27). The van der Waals surface area contributed by atoms with Crippen LogP contribution in [0.3, 0.4) is 0 Å². The van der Waals surface area contributed by atoms with Crippen molar-refractivity contribution in [2.24, 2.45) is 5.14 Å². The highest BCUT2D eigenvalue weighted by molar-refractivity contribution is 7.88. The zero-order chi connectivity index (χ0) is 20.3. The molecule has 0 atom stereocenters. The van der Waals surface area contributed by atoms with Gasteiger partial charge in [0.25, 0.3) is 5.91 Å². The Morgan fingerprint density at radius 1 is 1.11 bits per heavy atom. The van der Waals surface area contributed by atoms with E-state index < -0.39 is 15.9 Å². The van der Waals surface area contributed by atoms with Gasteiger partial charge in [-0.25, -0.2) is 27.6 Å². The van der Waals surface area contributed by atoms with Gasteiger partial charge in [-0.1, -0.05) is 24.3 Å². The lowest BCUT2D eigenvalue weighted by Gasteiger charge is -2.05. The quantitative estimate of drug-likeness (QED) is 0.645. The fourth-order valence-corrected chi connectivity index (χ4v) is 3.22. The lowest BCUT2D eigenvalue weighted by molar-refractivity contribution is 0.0940. The number of nitrogens with zero attached hydrogens (tertiary/aromatic N) is 3. The Morgan fingerprint density at radius 2 is 1.71 bits per heavy atom. The van der Waals surface area contributed by atoms with E-state index in [0.717, 1.165) is 5.56 Å². The zero-order valence-corrected chi connectivity index (χ0v) is 15.8. The molecular formula is C18H18FN5O3S. The molecule has 0 radical (unpaired) electrons. The van der Waals surface area contributed by atoms with Crippen LogP contribution in [0.15, 0.2) is 48.5 Å². The number of hydrogen-bond donors (Lipinski definition) is 2. The average Bonchev–Trinajstić information content (AvgIpc) is 3.02. The molecule has 0 fully saturated rings. The van der Waals surface area contributed by atoms with E-state index in [1.165, 1.54) is 16.8 Å². The summed E-state index contributed by atoms with van der Waals surface area (Å²) in [6, 6.07) is 12.4. The predicted octanol–water partition coefficient (Wildman–Crippen LogP) is 1.43. The Kier molecular flexibility index (Phi) is 5.52. The van der Waals surface area contributed by atoms with Crippen LogP contribution in [0.2, 0.25) is 0 Å². The van der Waals surface area contributed by atoms with Gasteiger partial charge in [0.15, 0.2) is 0 Å². The van der Waals surface area contributed by atoms with Crippen molar-refractivity contribution in [1.29, 1.82) is 0 Å². The molecule has 3 N–H and O–H groups in total. The second-order valence-electron chi connectivity index (χ2n) is 6.18. The molecule has 8 nitrogen and oxygen atoms in total. The lowest BCUT2D eigenvalue weighted by atomic mass is 10.1. The van der Waals surface area contributed by atoms with Crippen molar-refractivity contribution >= 4 is 15.9 Å². The van der Waals surface area contributed by atoms with E-state index in [1.807, 2.05) is 0 Å². The van der Waals surface area contributed by atoms with Crippen LogP contribution < -0.4 is 10.5 Å². The van der Waals surface area contributed by atoms with Crippen LogP contribution >= 0.6 is 0 Å². The van der Waals surface area contributed by atoms with Crippen molar-refractivity contribution in [1.82, 2.24) is 20.1 Å². The highest BCUT2D eigenvalue weighted by atomic mass is 32.2. The van der Waals surface area contributed by atoms with Crippen LogP contribution in [-0.4, -0.2) is 29.1 Å². The first kappa shape index (κ1) is 19.6. The zero-order valence-electron chi connectivity index (χ0n) is 15.0. The number of amides is 1. The van der Waals surface area contributed by atoms with Crippen LogP contribution in [0, 0.1) is 12.7 Å². The molecule has 146 valence electrons. The number of halogens is 1. The highest BCUT2D eigenvalue weighted by Crippen LogP contribution is 2.11. The van der Waals surface area contributed by atoms with Crippen molar-refractivity contribution in [2.45, 2.75) is 19.2 Å². The molecule has 0 aliphatic carbocycles. The van der Waals surface area contributed by atoms with Crippen LogP contribution in [0.25, 0.3) is 5.69 Å². The van der Waals surface area contributed by atoms with Gasteiger partial charge in [0.05, 0.1) is 11.4 Å². The molecular weight excluding hydrogens is 385 g/mol. The van der Waals surface area contributed by atoms with Gasteiger partial charge in [-0.15, -0.1) is 5.10 Å². The monoisotopic (exact) mass is 403 g/mol. The third-order valence-corrected chi connectivity index (χ3v) is 4.62. The van der Waals surface area contributed by atoms with Gasteiger partial charge in [-0.3, -0.25) is 4.79 Å². The molecule has 1 amide bonds. The van der Waals surface area contributed by atoms with E-state index >= 15 is 0 Å². The van der Waals surface area contributed by atoms with E-state index in [-0.39, 0.29) is 23.9 Å². The average molecular weight is 403 g/mol. The van der Waals surface area contributed by atoms with Crippen molar-refractivity contribution in [3.63, 3.8) is 0 Å². The first-order chi connectivity index (χ1) is 13.2. The van der Waals surface area contributed by atoms with Gasteiger partial charge in [0.2, 0.25) is 15.8 Å². The summed E-state index contributed by atoms with van der Waals surface area (Å²) in [6.45, 7) is 1.91. The Morgan fingerprint density at radius 3 is 2.32 bits per heavy atom. The largest absolute Gasteiger partial charge is 0.345 e. The van der Waals surface area contributed by atoms with E-state index in [1.54, 1.807) is 43.3 Å². The molecule has 10 heteroatoms. The second-order valence-corrected chi connectivity index (χ2v) is 7.79. The Labute approximate surface area is 161 Å². The maximum atomic E-state index is 13.1. The number of benzene rings is 2. The summed E-state index contributed by atoms with van der Waals surface area (Å²) in [7, 11) is -3.59. The minimum absolute atomic E-state index is 0.00679. The molecule has 3 rings (SSSR count). The molecule has 0 aliphatic rings. The summed E-state index contributed by atoms with van der Waals surface area (Å²) in [5.74, 6) is -0.590. The number of carbonyl (C=O) groups excluding carboxylic acids is 1. The number of nitrogens with two attached hydrogens (primary N) is 1. The van der Waals surface area contributed by atoms with Crippen molar-refractivity contribution < 1.29 is 17.6 Å². The maximum absolute atomic E-state index is 13.1. The third kappa shape index (κ3) is 4.99. The van der Waals surface area contributed by atoms with Crippen molar-refractivity contribution in [2.75, 3.05) is 0 Å². The smallest absolute Gasteiger partial charge is 0.291 e. The topological polar surface area (TPSA) is 120 Å². The summed E-state index contributed by atoms with van der Waals surface area (Å²) in [5, 5.41) is 11.9. The molecule has 1 aromatic heterocycles. The van der Waals surface area contributed by atoms with Gasteiger partial charge < -0.3 is 5.32 Å². The minimum Gasteiger partial charge on any atom is -0.345 e. The summed E-state index contributed by atoms with van der Waals surface area (Å²) in [5.41, 5.74) is 1.94. The normalized spacial score (nSPS) is 11.4. The van der Waals surface area contributed by atoms with E-state index in [4.69, 9.17) is 5.14 Å². The number of rotatable bonds is 6. The lowest BCUT2D eigenvalue weighted by Crippen LogP contribution is -2.24. The van der Waals surface area contributed by atoms with Gasteiger partial charge in [0, 0.05) is 6.54 Å². The summed E-state index contributed by atoms with van der Waals surface area (Å²) in [4.78, 5) is 16.5. The summed E-state index contributed by atoms with van der Waals surface area (Å²) < 4.78 is 36.7. The van der Waals surface area contributed by atoms with Crippen molar-refractivity contribution in [3.8, 4) is 5.69 Å². The Balaban J connectivity index is 1.65. The van der Waals surface area contributed by atoms with E-state index in [9.17, 15) is 17.6 Å². The third-order valence-electron chi connectivity index (χ3n) is 3.89. The van der Waals surface area contributed by atoms with E-state index in [2.05, 4.69) is 15.4 Å². The fraction of sp³-hybridized carbons (Fsp3) is 0.167. The van der Waals surface area contributed by atoms with Crippen LogP contribution in [-0.2, 0) is 22.3 Å². The minimum atomic E-state index is -3.59. The van der Waals surface area contributed by atoms with Crippen LogP contribution in [0.5, 0.6) is 0 Å². The fourth-order valence-electron chi connectivity index (χ4n) is 2.56. The predicted molar refractivity (Wildman–Crippen MR) is 100 cm³/mol. The molecule has 2 aromatic carbocycles. The maximum Gasteiger partial charge on any atom is 0.291 e.